The summed E-state index contributed by atoms with van der Waals surface area (Å²) in [7, 11) is 0. The van der Waals surface area contributed by atoms with Crippen LogP contribution in [-0.2, 0) is 0 Å². The van der Waals surface area contributed by atoms with Crippen molar-refractivity contribution in [1.29, 1.82) is 0 Å². The summed E-state index contributed by atoms with van der Waals surface area (Å²) in [5, 5.41) is 19.3. The molecular formula is C25H20O2. The standard InChI is InChI=1S/C25H20O2/c1-17-15-21(18-5-3-2-4-6-18)16-24(19-7-11-22(26)12-8-19)25(17)20-9-13-23(27)14-10-20/h2-16,26-27H,1H3. The molecule has 0 aromatic heterocycles. The number of benzene rings is 4. The molecule has 0 aliphatic carbocycles. The van der Waals surface area contributed by atoms with Crippen LogP contribution in [0.1, 0.15) is 5.56 Å². The molecule has 0 saturated carbocycles. The monoisotopic (exact) mass is 352 g/mol. The minimum absolute atomic E-state index is 0.251. The fourth-order valence-electron chi connectivity index (χ4n) is 3.46. The topological polar surface area (TPSA) is 40.5 Å². The SMILES string of the molecule is Cc1cc(-c2ccccc2)cc(-c2ccc(O)cc2)c1-c1ccc(O)cc1. The van der Waals surface area contributed by atoms with Crippen molar-refractivity contribution < 1.29 is 10.2 Å². The van der Waals surface area contributed by atoms with Gasteiger partial charge in [0.1, 0.15) is 11.5 Å². The van der Waals surface area contributed by atoms with Crippen molar-refractivity contribution in [3.63, 3.8) is 0 Å². The fraction of sp³-hybridized carbons (Fsp3) is 0.0400. The largest absolute Gasteiger partial charge is 0.508 e. The van der Waals surface area contributed by atoms with Gasteiger partial charge < -0.3 is 10.2 Å². The Morgan fingerprint density at radius 2 is 1.07 bits per heavy atom. The molecule has 2 heteroatoms. The Labute approximate surface area is 159 Å². The van der Waals surface area contributed by atoms with Crippen molar-refractivity contribution in [2.75, 3.05) is 0 Å². The molecule has 0 aliphatic rings. The third-order valence-electron chi connectivity index (χ3n) is 4.78. The van der Waals surface area contributed by atoms with Crippen molar-refractivity contribution in [2.45, 2.75) is 6.92 Å². The average molecular weight is 352 g/mol. The summed E-state index contributed by atoms with van der Waals surface area (Å²) >= 11 is 0. The minimum atomic E-state index is 0.251. The van der Waals surface area contributed by atoms with Gasteiger partial charge in [-0.15, -0.1) is 0 Å². The van der Waals surface area contributed by atoms with Crippen LogP contribution in [-0.4, -0.2) is 10.2 Å². The maximum absolute atomic E-state index is 9.68. The molecule has 0 radical (unpaired) electrons. The van der Waals surface area contributed by atoms with Crippen LogP contribution < -0.4 is 0 Å². The average Bonchev–Trinajstić information content (AvgIpc) is 2.70. The molecule has 4 aromatic rings. The van der Waals surface area contributed by atoms with E-state index in [4.69, 9.17) is 0 Å². The Hall–Kier alpha value is -3.52. The lowest BCUT2D eigenvalue weighted by molar-refractivity contribution is 0.475. The maximum atomic E-state index is 9.68. The molecule has 2 N–H and O–H groups in total. The van der Waals surface area contributed by atoms with Crippen molar-refractivity contribution in [1.82, 2.24) is 0 Å². The Balaban J connectivity index is 1.97. The molecule has 0 heterocycles. The Kier molecular flexibility index (Phi) is 4.39. The van der Waals surface area contributed by atoms with E-state index < -0.39 is 0 Å². The summed E-state index contributed by atoms with van der Waals surface area (Å²) in [6.45, 7) is 2.11. The molecule has 4 aromatic carbocycles. The molecule has 0 spiro atoms. The molecular weight excluding hydrogens is 332 g/mol. The smallest absolute Gasteiger partial charge is 0.115 e. The van der Waals surface area contributed by atoms with Crippen LogP contribution in [0.15, 0.2) is 91.0 Å². The number of hydrogen-bond acceptors (Lipinski definition) is 2. The molecule has 4 rings (SSSR count). The summed E-state index contributed by atoms with van der Waals surface area (Å²) in [6, 6.07) is 29.3. The number of hydrogen-bond donors (Lipinski definition) is 2. The molecule has 0 unspecified atom stereocenters. The summed E-state index contributed by atoms with van der Waals surface area (Å²) in [4.78, 5) is 0. The van der Waals surface area contributed by atoms with Crippen LogP contribution in [0.25, 0.3) is 33.4 Å². The molecule has 132 valence electrons. The molecule has 0 aliphatic heterocycles. The lowest BCUT2D eigenvalue weighted by Gasteiger charge is -2.17. The Morgan fingerprint density at radius 3 is 1.67 bits per heavy atom. The Morgan fingerprint density at radius 1 is 0.519 bits per heavy atom. The van der Waals surface area contributed by atoms with Crippen molar-refractivity contribution in [3.05, 3.63) is 96.6 Å². The zero-order valence-corrected chi connectivity index (χ0v) is 15.1. The van der Waals surface area contributed by atoms with Gasteiger partial charge in [-0.1, -0.05) is 60.7 Å². The third kappa shape index (κ3) is 3.42. The highest BCUT2D eigenvalue weighted by atomic mass is 16.3. The second kappa shape index (κ2) is 7.00. The fourth-order valence-corrected chi connectivity index (χ4v) is 3.46. The van der Waals surface area contributed by atoms with E-state index in [0.29, 0.717) is 0 Å². The number of phenols is 2. The lowest BCUT2D eigenvalue weighted by Crippen LogP contribution is -1.92. The van der Waals surface area contributed by atoms with Crippen molar-refractivity contribution in [2.24, 2.45) is 0 Å². The van der Waals surface area contributed by atoms with E-state index in [1.54, 1.807) is 24.3 Å². The molecule has 0 saturated heterocycles. The summed E-state index contributed by atoms with van der Waals surface area (Å²) in [5.41, 5.74) is 7.78. The van der Waals surface area contributed by atoms with Gasteiger partial charge in [-0.25, -0.2) is 0 Å². The molecule has 0 amide bonds. The van der Waals surface area contributed by atoms with Crippen molar-refractivity contribution in [3.8, 4) is 44.9 Å². The van der Waals surface area contributed by atoms with Crippen LogP contribution in [0.4, 0.5) is 0 Å². The van der Waals surface area contributed by atoms with E-state index in [0.717, 1.165) is 38.9 Å². The quantitative estimate of drug-likeness (QED) is 0.447. The molecule has 27 heavy (non-hydrogen) atoms. The predicted octanol–water partition coefficient (Wildman–Crippen LogP) is 6.41. The van der Waals surface area contributed by atoms with Crippen LogP contribution in [0, 0.1) is 6.92 Å². The lowest BCUT2D eigenvalue weighted by atomic mass is 9.87. The van der Waals surface area contributed by atoms with E-state index in [9.17, 15) is 10.2 Å². The van der Waals surface area contributed by atoms with Crippen molar-refractivity contribution >= 4 is 0 Å². The first-order valence-electron chi connectivity index (χ1n) is 8.91. The third-order valence-corrected chi connectivity index (χ3v) is 4.78. The van der Waals surface area contributed by atoms with E-state index in [1.807, 2.05) is 42.5 Å². The van der Waals surface area contributed by atoms with Crippen LogP contribution >= 0.6 is 0 Å². The van der Waals surface area contributed by atoms with Gasteiger partial charge in [-0.2, -0.15) is 0 Å². The van der Waals surface area contributed by atoms with E-state index >= 15 is 0 Å². The van der Waals surface area contributed by atoms with Gasteiger partial charge in [0, 0.05) is 0 Å². The molecule has 0 fully saturated rings. The van der Waals surface area contributed by atoms with E-state index in [2.05, 4.69) is 31.2 Å². The molecule has 0 atom stereocenters. The zero-order chi connectivity index (χ0) is 18.8. The van der Waals surface area contributed by atoms with E-state index in [1.165, 1.54) is 0 Å². The van der Waals surface area contributed by atoms with Gasteiger partial charge in [0.15, 0.2) is 0 Å². The highest BCUT2D eigenvalue weighted by molar-refractivity contribution is 5.89. The number of aromatic hydroxyl groups is 2. The van der Waals surface area contributed by atoms with E-state index in [-0.39, 0.29) is 11.5 Å². The second-order valence-electron chi connectivity index (χ2n) is 6.68. The number of rotatable bonds is 3. The van der Waals surface area contributed by atoms with Gasteiger partial charge in [0.25, 0.3) is 0 Å². The first-order valence-corrected chi connectivity index (χ1v) is 8.91. The highest BCUT2D eigenvalue weighted by Crippen LogP contribution is 2.39. The van der Waals surface area contributed by atoms with Crippen LogP contribution in [0.5, 0.6) is 11.5 Å². The zero-order valence-electron chi connectivity index (χ0n) is 15.1. The molecule has 2 nitrogen and oxygen atoms in total. The highest BCUT2D eigenvalue weighted by Gasteiger charge is 2.13. The van der Waals surface area contributed by atoms with Crippen LogP contribution in [0.3, 0.4) is 0 Å². The van der Waals surface area contributed by atoms with Gasteiger partial charge in [-0.05, 0) is 76.2 Å². The first-order chi connectivity index (χ1) is 13.1. The van der Waals surface area contributed by atoms with Gasteiger partial charge in [0.2, 0.25) is 0 Å². The number of aryl methyl sites for hydroxylation is 1. The summed E-state index contributed by atoms with van der Waals surface area (Å²) in [5.74, 6) is 0.504. The summed E-state index contributed by atoms with van der Waals surface area (Å²) < 4.78 is 0. The molecule has 0 bridgehead atoms. The van der Waals surface area contributed by atoms with Crippen LogP contribution in [0.2, 0.25) is 0 Å². The Bertz CT molecular complexity index is 1060. The maximum Gasteiger partial charge on any atom is 0.115 e. The van der Waals surface area contributed by atoms with Gasteiger partial charge in [-0.3, -0.25) is 0 Å². The normalized spacial score (nSPS) is 10.7. The minimum Gasteiger partial charge on any atom is -0.508 e. The first kappa shape index (κ1) is 16.9. The second-order valence-corrected chi connectivity index (χ2v) is 6.68. The summed E-state index contributed by atoms with van der Waals surface area (Å²) in [6.07, 6.45) is 0. The number of phenolic OH excluding ortho intramolecular Hbond substituents is 2. The van der Waals surface area contributed by atoms with Gasteiger partial charge >= 0.3 is 0 Å². The predicted molar refractivity (Wildman–Crippen MR) is 111 cm³/mol. The van der Waals surface area contributed by atoms with Gasteiger partial charge in [0.05, 0.1) is 0 Å².